The molecule has 0 radical (unpaired) electrons. The summed E-state index contributed by atoms with van der Waals surface area (Å²) in [7, 11) is 2.05. The number of hydrogen-bond donors (Lipinski definition) is 1. The number of hydrogen-bond acceptors (Lipinski definition) is 2. The molecule has 1 aromatic rings. The second-order valence-electron chi connectivity index (χ2n) is 4.92. The minimum Gasteiger partial charge on any atom is -0.312 e. The number of halogens is 1. The van der Waals surface area contributed by atoms with E-state index in [0.717, 1.165) is 16.9 Å². The van der Waals surface area contributed by atoms with Crippen LogP contribution >= 0.6 is 22.9 Å². The highest BCUT2D eigenvalue weighted by Crippen LogP contribution is 2.40. The quantitative estimate of drug-likeness (QED) is 0.841. The molecule has 1 atom stereocenters. The summed E-state index contributed by atoms with van der Waals surface area (Å²) in [5, 5.41) is 6.48. The molecule has 1 N–H and O–H groups in total. The van der Waals surface area contributed by atoms with Gasteiger partial charge in [-0.3, -0.25) is 0 Å². The lowest BCUT2D eigenvalue weighted by molar-refractivity contribution is 0.240. The van der Waals surface area contributed by atoms with Crippen molar-refractivity contribution in [2.24, 2.45) is 11.8 Å². The Morgan fingerprint density at radius 2 is 2.06 bits per heavy atom. The molecule has 1 saturated carbocycles. The number of thiophene rings is 1. The van der Waals surface area contributed by atoms with Gasteiger partial charge in [-0.1, -0.05) is 31.4 Å². The second kappa shape index (κ2) is 5.52. The largest absolute Gasteiger partial charge is 0.312 e. The third-order valence-electron chi connectivity index (χ3n) is 3.77. The van der Waals surface area contributed by atoms with Gasteiger partial charge < -0.3 is 5.32 Å². The molecule has 1 heterocycles. The van der Waals surface area contributed by atoms with Crippen LogP contribution in [-0.2, 0) is 0 Å². The Balaban J connectivity index is 2.08. The monoisotopic (exact) mass is 257 g/mol. The van der Waals surface area contributed by atoms with Crippen molar-refractivity contribution in [1.29, 1.82) is 0 Å². The molecule has 0 bridgehead atoms. The molecule has 1 aliphatic carbocycles. The molecule has 1 nitrogen and oxygen atoms in total. The first-order valence-electron chi connectivity index (χ1n) is 6.12. The normalized spacial score (nSPS) is 27.9. The molecule has 2 rings (SSSR count). The predicted molar refractivity (Wildman–Crippen MR) is 72.3 cm³/mol. The predicted octanol–water partition coefficient (Wildman–Crippen LogP) is 4.49. The molecule has 0 aliphatic heterocycles. The van der Waals surface area contributed by atoms with Crippen molar-refractivity contribution in [2.75, 3.05) is 7.05 Å². The summed E-state index contributed by atoms with van der Waals surface area (Å²) in [6, 6.07) is 2.47. The van der Waals surface area contributed by atoms with Crippen molar-refractivity contribution < 1.29 is 0 Å². The van der Waals surface area contributed by atoms with Crippen LogP contribution < -0.4 is 5.32 Å². The Labute approximate surface area is 107 Å². The molecule has 3 heteroatoms. The van der Waals surface area contributed by atoms with Crippen molar-refractivity contribution in [1.82, 2.24) is 5.32 Å². The Morgan fingerprint density at radius 3 is 2.56 bits per heavy atom. The van der Waals surface area contributed by atoms with Crippen molar-refractivity contribution in [3.63, 3.8) is 0 Å². The van der Waals surface area contributed by atoms with Crippen molar-refractivity contribution in [3.05, 3.63) is 21.3 Å². The maximum Gasteiger partial charge on any atom is 0.0561 e. The van der Waals surface area contributed by atoms with Gasteiger partial charge in [0, 0.05) is 10.9 Å². The van der Waals surface area contributed by atoms with Gasteiger partial charge in [-0.2, -0.15) is 0 Å². The summed E-state index contributed by atoms with van der Waals surface area (Å²) in [5.74, 6) is 1.67. The summed E-state index contributed by atoms with van der Waals surface area (Å²) in [6.45, 7) is 2.36. The van der Waals surface area contributed by atoms with Gasteiger partial charge in [0.25, 0.3) is 0 Å². The van der Waals surface area contributed by atoms with Gasteiger partial charge in [-0.25, -0.2) is 0 Å². The standard InChI is InChI=1S/C13H20ClNS/c1-9-3-5-10(6-4-9)12(15-2)13-11(14)7-8-16-13/h7-10,12,15H,3-6H2,1-2H3. The fraction of sp³-hybridized carbons (Fsp3) is 0.692. The van der Waals surface area contributed by atoms with E-state index in [1.165, 1.54) is 30.6 Å². The van der Waals surface area contributed by atoms with Crippen LogP contribution in [0.2, 0.25) is 5.02 Å². The topological polar surface area (TPSA) is 12.0 Å². The molecule has 90 valence electrons. The maximum atomic E-state index is 6.23. The smallest absolute Gasteiger partial charge is 0.0561 e. The number of nitrogens with one attached hydrogen (secondary N) is 1. The lowest BCUT2D eigenvalue weighted by Crippen LogP contribution is -2.27. The molecule has 0 saturated heterocycles. The van der Waals surface area contributed by atoms with E-state index in [-0.39, 0.29) is 0 Å². The fourth-order valence-electron chi connectivity index (χ4n) is 2.73. The third kappa shape index (κ3) is 2.61. The lowest BCUT2D eigenvalue weighted by Gasteiger charge is -2.32. The highest BCUT2D eigenvalue weighted by molar-refractivity contribution is 7.10. The van der Waals surface area contributed by atoms with Crippen LogP contribution in [0.4, 0.5) is 0 Å². The van der Waals surface area contributed by atoms with E-state index >= 15 is 0 Å². The highest BCUT2D eigenvalue weighted by atomic mass is 35.5. The molecular formula is C13H20ClNS. The molecule has 1 fully saturated rings. The summed E-state index contributed by atoms with van der Waals surface area (Å²) in [6.07, 6.45) is 5.40. The van der Waals surface area contributed by atoms with Crippen LogP contribution in [-0.4, -0.2) is 7.05 Å². The fourth-order valence-corrected chi connectivity index (χ4v) is 4.10. The Kier molecular flexibility index (Phi) is 4.28. The van der Waals surface area contributed by atoms with Crippen molar-refractivity contribution in [2.45, 2.75) is 38.6 Å². The zero-order valence-electron chi connectivity index (χ0n) is 10.0. The third-order valence-corrected chi connectivity index (χ3v) is 5.21. The van der Waals surface area contributed by atoms with Crippen LogP contribution in [0, 0.1) is 11.8 Å². The second-order valence-corrected chi connectivity index (χ2v) is 6.27. The molecule has 0 spiro atoms. The van der Waals surface area contributed by atoms with Crippen LogP contribution in [0.15, 0.2) is 11.4 Å². The summed E-state index contributed by atoms with van der Waals surface area (Å²) in [4.78, 5) is 1.32. The summed E-state index contributed by atoms with van der Waals surface area (Å²) >= 11 is 8.01. The van der Waals surface area contributed by atoms with E-state index in [0.29, 0.717) is 6.04 Å². The van der Waals surface area contributed by atoms with E-state index in [1.54, 1.807) is 11.3 Å². The molecule has 0 aromatic carbocycles. The highest BCUT2D eigenvalue weighted by Gasteiger charge is 2.28. The van der Waals surface area contributed by atoms with Gasteiger partial charge in [0.1, 0.15) is 0 Å². The van der Waals surface area contributed by atoms with Gasteiger partial charge in [0.15, 0.2) is 0 Å². The SMILES string of the molecule is CNC(c1sccc1Cl)C1CCC(C)CC1. The molecule has 1 unspecified atom stereocenters. The average Bonchev–Trinajstić information content (AvgIpc) is 2.69. The zero-order valence-corrected chi connectivity index (χ0v) is 11.6. The summed E-state index contributed by atoms with van der Waals surface area (Å²) in [5.41, 5.74) is 0. The molecule has 1 aromatic heterocycles. The van der Waals surface area contributed by atoms with Gasteiger partial charge in [-0.05, 0) is 43.2 Å². The van der Waals surface area contributed by atoms with E-state index in [4.69, 9.17) is 11.6 Å². The molecular weight excluding hydrogens is 238 g/mol. The van der Waals surface area contributed by atoms with Gasteiger partial charge in [0.2, 0.25) is 0 Å². The van der Waals surface area contributed by atoms with Crippen LogP contribution in [0.1, 0.15) is 43.5 Å². The minimum absolute atomic E-state index is 0.458. The Morgan fingerprint density at radius 1 is 1.38 bits per heavy atom. The van der Waals surface area contributed by atoms with Crippen LogP contribution in [0.5, 0.6) is 0 Å². The average molecular weight is 258 g/mol. The van der Waals surface area contributed by atoms with Crippen molar-refractivity contribution >= 4 is 22.9 Å². The van der Waals surface area contributed by atoms with E-state index in [2.05, 4.69) is 24.7 Å². The minimum atomic E-state index is 0.458. The molecule has 16 heavy (non-hydrogen) atoms. The zero-order chi connectivity index (χ0) is 11.5. The first-order chi connectivity index (χ1) is 7.72. The lowest BCUT2D eigenvalue weighted by atomic mass is 9.79. The first-order valence-corrected chi connectivity index (χ1v) is 7.38. The summed E-state index contributed by atoms with van der Waals surface area (Å²) < 4.78 is 0. The maximum absolute atomic E-state index is 6.23. The van der Waals surface area contributed by atoms with E-state index < -0.39 is 0 Å². The molecule has 0 amide bonds. The van der Waals surface area contributed by atoms with E-state index in [9.17, 15) is 0 Å². The Hall–Kier alpha value is -0.0500. The van der Waals surface area contributed by atoms with Crippen LogP contribution in [0.25, 0.3) is 0 Å². The van der Waals surface area contributed by atoms with Gasteiger partial charge in [-0.15, -0.1) is 11.3 Å². The Bertz CT molecular complexity index is 328. The van der Waals surface area contributed by atoms with Gasteiger partial charge >= 0.3 is 0 Å². The first kappa shape index (κ1) is 12.4. The van der Waals surface area contributed by atoms with Crippen molar-refractivity contribution in [3.8, 4) is 0 Å². The van der Waals surface area contributed by atoms with Crippen LogP contribution in [0.3, 0.4) is 0 Å². The number of rotatable bonds is 3. The van der Waals surface area contributed by atoms with Gasteiger partial charge in [0.05, 0.1) is 5.02 Å². The molecule has 1 aliphatic rings. The van der Waals surface area contributed by atoms with E-state index in [1.807, 2.05) is 6.07 Å².